The molecule has 61 heavy (non-hydrogen) atoms. The summed E-state index contributed by atoms with van der Waals surface area (Å²) in [4.78, 5) is 72.2. The molecular weight excluding hydrogens is 867 g/mol. The van der Waals surface area contributed by atoms with E-state index < -0.39 is 91.3 Å². The molecular formula is C38H76NO19P3. The first-order chi connectivity index (χ1) is 28.3. The predicted molar refractivity (Wildman–Crippen MR) is 240 cm³/mol. The second-order valence-electron chi connectivity index (χ2n) is 13.0. The van der Waals surface area contributed by atoms with Gasteiger partial charge in [0, 0.05) is 28.0 Å². The van der Waals surface area contributed by atoms with E-state index in [0.717, 1.165) is 25.7 Å². The van der Waals surface area contributed by atoms with Crippen LogP contribution in [-0.4, -0.2) is 108 Å². The molecule has 11 N–H and O–H groups in total. The van der Waals surface area contributed by atoms with Crippen molar-refractivity contribution in [3.8, 4) is 71.5 Å². The zero-order chi connectivity index (χ0) is 45.0. The number of rotatable bonds is 26. The molecule has 1 aliphatic rings. The van der Waals surface area contributed by atoms with Gasteiger partial charge in [0.05, 0.1) is 6.61 Å². The minimum atomic E-state index is -5.63. The first kappa shape index (κ1) is 57.5. The quantitative estimate of drug-likeness (QED) is 0.0181. The molecule has 0 aromatic carbocycles. The van der Waals surface area contributed by atoms with E-state index in [4.69, 9.17) is 24.9 Å². The molecule has 1 rings (SSSR count). The molecule has 1 aliphatic carbocycles. The van der Waals surface area contributed by atoms with Crippen molar-refractivity contribution in [2.75, 3.05) is 13.2 Å². The molecule has 0 saturated heterocycles. The molecule has 8 atom stereocenters. The largest absolute Gasteiger partial charge is 0.472 e. The molecule has 0 amide bonds. The van der Waals surface area contributed by atoms with Gasteiger partial charge >= 0.3 is 35.4 Å². The Morgan fingerprint density at radius 2 is 1.03 bits per heavy atom. The van der Waals surface area contributed by atoms with E-state index in [-0.39, 0.29) is 28.3 Å². The van der Waals surface area contributed by atoms with Crippen LogP contribution >= 0.6 is 23.5 Å². The van der Waals surface area contributed by atoms with Gasteiger partial charge in [0.25, 0.3) is 0 Å². The van der Waals surface area contributed by atoms with Crippen LogP contribution in [0.4, 0.5) is 0 Å². The Morgan fingerprint density at radius 1 is 0.607 bits per heavy atom. The van der Waals surface area contributed by atoms with Crippen molar-refractivity contribution in [3.05, 3.63) is 0 Å². The SMILES string of the molecule is C#CC#CC#CC#CC#CC#CC(=O)OC[C@H](COP(=O)(O)OC1C(O)[C@H](OP(=O)(O)O)[C@H](OP(=O)(O)O)C(O)[C@@H]1O)OC(=O)CCCCCCCCCCCCCCC.N.[HH].[HH].[HH].[HH].[HH].[HH].[HH].[HH].[HH].[HH].[HH]. The summed E-state index contributed by atoms with van der Waals surface area (Å²) in [5, 5.41) is 31.6. The summed E-state index contributed by atoms with van der Waals surface area (Å²) >= 11 is 0. The van der Waals surface area contributed by atoms with Gasteiger partial charge in [-0.25, -0.2) is 18.5 Å². The number of carbonyl (C=O) groups excluding carboxylic acids is 2. The van der Waals surface area contributed by atoms with Crippen LogP contribution in [0.5, 0.6) is 0 Å². The highest BCUT2D eigenvalue weighted by Crippen LogP contribution is 2.51. The van der Waals surface area contributed by atoms with Crippen LogP contribution in [0, 0.1) is 71.5 Å². The number of hydrogen-bond donors (Lipinski definition) is 9. The average molecular weight is 944 g/mol. The Balaban J connectivity index is -0.000000300. The molecule has 0 radical (unpaired) electrons. The molecule has 1 saturated carbocycles. The number of aliphatic hydroxyl groups is 3. The number of aliphatic hydroxyl groups excluding tert-OH is 3. The first-order valence-electron chi connectivity index (χ1n) is 18.8. The van der Waals surface area contributed by atoms with Gasteiger partial charge in [0.1, 0.15) is 43.2 Å². The van der Waals surface area contributed by atoms with Crippen LogP contribution in [-0.2, 0) is 50.9 Å². The van der Waals surface area contributed by atoms with Crippen molar-refractivity contribution < 1.29 is 106 Å². The lowest BCUT2D eigenvalue weighted by Crippen LogP contribution is -2.65. The molecule has 0 spiro atoms. The van der Waals surface area contributed by atoms with Gasteiger partial charge < -0.3 is 55.4 Å². The van der Waals surface area contributed by atoms with E-state index in [1.165, 1.54) is 44.9 Å². The molecule has 0 heterocycles. The van der Waals surface area contributed by atoms with Crippen LogP contribution in [0.2, 0.25) is 0 Å². The smallest absolute Gasteiger partial charge is 0.456 e. The van der Waals surface area contributed by atoms with E-state index in [2.05, 4.69) is 75.2 Å². The van der Waals surface area contributed by atoms with Gasteiger partial charge in [-0.1, -0.05) is 84.0 Å². The monoisotopic (exact) mass is 943 g/mol. The van der Waals surface area contributed by atoms with Crippen molar-refractivity contribution in [1.82, 2.24) is 6.15 Å². The minimum Gasteiger partial charge on any atom is -0.456 e. The van der Waals surface area contributed by atoms with Gasteiger partial charge in [-0.3, -0.25) is 22.9 Å². The Labute approximate surface area is 372 Å². The number of phosphoric ester groups is 3. The fraction of sp³-hybridized carbons (Fsp3) is 0.632. The molecule has 0 aromatic rings. The minimum absolute atomic E-state index is 0. The van der Waals surface area contributed by atoms with Crippen LogP contribution in [0.15, 0.2) is 0 Å². The Morgan fingerprint density at radius 3 is 1.51 bits per heavy atom. The lowest BCUT2D eigenvalue weighted by Gasteiger charge is -2.44. The number of hydrogen-bond acceptors (Lipinski definition) is 15. The third-order valence-corrected chi connectivity index (χ3v) is 10.2. The third kappa shape index (κ3) is 27.9. The maximum Gasteiger partial charge on any atom is 0.472 e. The van der Waals surface area contributed by atoms with Crippen molar-refractivity contribution in [1.29, 1.82) is 0 Å². The number of ether oxygens (including phenoxy) is 2. The number of esters is 2. The van der Waals surface area contributed by atoms with E-state index in [1.54, 1.807) is 0 Å². The summed E-state index contributed by atoms with van der Waals surface area (Å²) in [6.07, 6.45) is 1.93. The highest BCUT2D eigenvalue weighted by Gasteiger charge is 2.56. The summed E-state index contributed by atoms with van der Waals surface area (Å²) in [5.74, 6) is 22.8. The molecule has 0 bridgehead atoms. The number of carbonyl (C=O) groups is 2. The molecule has 1 fully saturated rings. The van der Waals surface area contributed by atoms with Gasteiger partial charge in [0.15, 0.2) is 6.10 Å². The highest BCUT2D eigenvalue weighted by atomic mass is 31.2. The van der Waals surface area contributed by atoms with Crippen LogP contribution in [0.25, 0.3) is 0 Å². The Kier molecular flexibility index (Phi) is 29.5. The summed E-state index contributed by atoms with van der Waals surface area (Å²) in [7, 11) is -16.7. The summed E-state index contributed by atoms with van der Waals surface area (Å²) in [6.45, 7) is 0.365. The third-order valence-electron chi connectivity index (χ3n) is 8.14. The van der Waals surface area contributed by atoms with Crippen LogP contribution < -0.4 is 6.15 Å². The molecule has 20 nitrogen and oxygen atoms in total. The van der Waals surface area contributed by atoms with Gasteiger partial charge in [-0.05, 0) is 65.6 Å². The first-order valence-corrected chi connectivity index (χ1v) is 23.4. The molecule has 0 aliphatic heterocycles. The van der Waals surface area contributed by atoms with E-state index in [9.17, 15) is 63.1 Å². The standard InChI is InChI=1S/C38H51O19P3.H3N.11H2/c1-3-5-7-9-11-13-15-16-17-19-21-23-25-27-32(40)54-30(28-52-31(39)26-24-22-20-18-14-12-10-8-6-4-2)29-53-60(50,51)57-36-33(41)34(42)37(55-58(44,45)46)38(35(36)43)56-59(47,48)49;;;;;;;;;;;;/h2,30,33-38,41-43H,3,5,7,9,11,13,15-17,19,21,23,25,27-29H2,1H3,(H,50,51)(H2,44,45,46)(H2,47,48,49);1H3;11*1H/t30-,33+,34?,35?,36?,37-,38+;;;;;;;;;;;;/m1............/s1. The normalized spacial score (nSPS) is 20.8. The van der Waals surface area contributed by atoms with E-state index in [0.29, 0.717) is 12.8 Å². The van der Waals surface area contributed by atoms with E-state index in [1.807, 2.05) is 5.92 Å². The molecule has 362 valence electrons. The number of unbranched alkanes of at least 4 members (excludes halogenated alkanes) is 12. The Hall–Kier alpha value is -3.53. The fourth-order valence-electron chi connectivity index (χ4n) is 5.40. The van der Waals surface area contributed by atoms with Crippen molar-refractivity contribution in [3.63, 3.8) is 0 Å². The molecule has 23 heteroatoms. The highest BCUT2D eigenvalue weighted by molar-refractivity contribution is 7.47. The van der Waals surface area contributed by atoms with Crippen LogP contribution in [0.3, 0.4) is 0 Å². The fourth-order valence-corrected chi connectivity index (χ4v) is 7.50. The lowest BCUT2D eigenvalue weighted by atomic mass is 9.85. The second-order valence-corrected chi connectivity index (χ2v) is 16.8. The average Bonchev–Trinajstić information content (AvgIpc) is 3.16. The Bertz CT molecular complexity index is 1930. The van der Waals surface area contributed by atoms with E-state index >= 15 is 0 Å². The number of terminal acetylenes is 1. The van der Waals surface area contributed by atoms with Crippen molar-refractivity contribution in [2.24, 2.45) is 0 Å². The van der Waals surface area contributed by atoms with Gasteiger partial charge in [0.2, 0.25) is 0 Å². The lowest BCUT2D eigenvalue weighted by molar-refractivity contribution is -0.213. The summed E-state index contributed by atoms with van der Waals surface area (Å²) in [5.41, 5.74) is 0. The zero-order valence-corrected chi connectivity index (χ0v) is 36.2. The van der Waals surface area contributed by atoms with Crippen LogP contribution in [0.1, 0.15) is 113 Å². The molecule has 4 unspecified atom stereocenters. The summed E-state index contributed by atoms with van der Waals surface area (Å²) < 4.78 is 64.4. The topological polar surface area (TPSA) is 338 Å². The summed E-state index contributed by atoms with van der Waals surface area (Å²) in [6, 6.07) is 0. The molecule has 0 aromatic heterocycles. The zero-order valence-electron chi connectivity index (χ0n) is 33.5. The van der Waals surface area contributed by atoms with Crippen molar-refractivity contribution in [2.45, 2.75) is 140 Å². The predicted octanol–water partition coefficient (Wildman–Crippen LogP) is 5.00. The number of phosphoric acid groups is 3. The maximum absolute atomic E-state index is 13.0. The second kappa shape index (κ2) is 31.3. The van der Waals surface area contributed by atoms with Gasteiger partial charge in [-0.2, -0.15) is 0 Å². The van der Waals surface area contributed by atoms with Crippen molar-refractivity contribution >= 4 is 35.4 Å². The maximum atomic E-state index is 13.0. The van der Waals surface area contributed by atoms with Gasteiger partial charge in [-0.15, -0.1) is 6.42 Å².